The minimum Gasteiger partial charge on any atom is -0.346 e. The number of hydrogen-bond donors (Lipinski definition) is 2. The lowest BCUT2D eigenvalue weighted by atomic mass is 10.1. The number of aryl methyl sites for hydroxylation is 1. The van der Waals surface area contributed by atoms with Gasteiger partial charge in [-0.05, 0) is 12.1 Å². The number of benzene rings is 1. The molecule has 0 bridgehead atoms. The number of hydrogen-bond acceptors (Lipinski definition) is 4. The number of amides is 1. The third-order valence-electron chi connectivity index (χ3n) is 3.87. The van der Waals surface area contributed by atoms with Crippen molar-refractivity contribution >= 4 is 23.0 Å². The van der Waals surface area contributed by atoms with Crippen molar-refractivity contribution in [3.05, 3.63) is 66.6 Å². The molecule has 2 aromatic heterocycles. The Bertz CT molecular complexity index is 943. The highest BCUT2D eigenvalue weighted by Crippen LogP contribution is 2.29. The first kappa shape index (κ1) is 14.2. The number of rotatable bonds is 3. The second-order valence-corrected chi connectivity index (χ2v) is 5.46. The van der Waals surface area contributed by atoms with Gasteiger partial charge in [-0.3, -0.25) is 14.5 Å². The first-order valence-corrected chi connectivity index (χ1v) is 7.55. The summed E-state index contributed by atoms with van der Waals surface area (Å²) in [5.41, 5.74) is 3.80. The molecule has 0 fully saturated rings. The molecule has 0 radical (unpaired) electrons. The summed E-state index contributed by atoms with van der Waals surface area (Å²) in [6.07, 6.45) is 3.34. The largest absolute Gasteiger partial charge is 0.346 e. The van der Waals surface area contributed by atoms with E-state index in [1.165, 1.54) is 0 Å². The van der Waals surface area contributed by atoms with Gasteiger partial charge >= 0.3 is 0 Å². The summed E-state index contributed by atoms with van der Waals surface area (Å²) in [5, 5.41) is 10.4. The number of carbonyl (C=O) groups excluding carboxylic acids is 1. The van der Waals surface area contributed by atoms with Gasteiger partial charge in [-0.1, -0.05) is 30.3 Å². The zero-order chi connectivity index (χ0) is 16.5. The Labute approximate surface area is 138 Å². The Balaban J connectivity index is 1.63. The number of carbonyl (C=O) groups is 1. The van der Waals surface area contributed by atoms with Crippen LogP contribution in [0.15, 0.2) is 60.9 Å². The molecule has 1 aliphatic heterocycles. The van der Waals surface area contributed by atoms with E-state index in [0.29, 0.717) is 11.3 Å². The fraction of sp³-hybridized carbons (Fsp3) is 0.0556. The molecule has 0 atom stereocenters. The van der Waals surface area contributed by atoms with Crippen LogP contribution in [0.2, 0.25) is 0 Å². The molecule has 2 N–H and O–H groups in total. The van der Waals surface area contributed by atoms with Gasteiger partial charge in [-0.2, -0.15) is 5.10 Å². The number of aromatic nitrogens is 3. The molecule has 6 heteroatoms. The molecule has 0 saturated carbocycles. The van der Waals surface area contributed by atoms with Crippen molar-refractivity contribution in [2.45, 2.75) is 0 Å². The Morgan fingerprint density at radius 1 is 1.17 bits per heavy atom. The van der Waals surface area contributed by atoms with E-state index in [9.17, 15) is 4.79 Å². The Hall–Kier alpha value is -3.41. The number of fused-ring (bicyclic) bond motifs is 1. The van der Waals surface area contributed by atoms with Crippen LogP contribution in [-0.4, -0.2) is 20.7 Å². The quantitative estimate of drug-likeness (QED) is 0.729. The highest BCUT2D eigenvalue weighted by atomic mass is 16.2. The fourth-order valence-electron chi connectivity index (χ4n) is 2.65. The molecule has 1 aliphatic rings. The minimum absolute atomic E-state index is 0.165. The van der Waals surface area contributed by atoms with Crippen LogP contribution in [0.5, 0.6) is 0 Å². The minimum atomic E-state index is -0.165. The normalized spacial score (nSPS) is 14.5. The number of nitrogens with zero attached hydrogens (tertiary/aromatic N) is 3. The average molecular weight is 317 g/mol. The van der Waals surface area contributed by atoms with Crippen LogP contribution in [0.4, 0.5) is 11.5 Å². The molecule has 1 aromatic carbocycles. The number of pyridine rings is 1. The third-order valence-corrected chi connectivity index (χ3v) is 3.87. The molecule has 24 heavy (non-hydrogen) atoms. The maximum atomic E-state index is 12.1. The topological polar surface area (TPSA) is 71.8 Å². The number of anilines is 2. The molecule has 3 heterocycles. The van der Waals surface area contributed by atoms with Crippen molar-refractivity contribution in [2.24, 2.45) is 7.05 Å². The molecule has 1 amide bonds. The van der Waals surface area contributed by atoms with Crippen molar-refractivity contribution in [2.75, 3.05) is 10.6 Å². The lowest BCUT2D eigenvalue weighted by Crippen LogP contribution is -2.06. The summed E-state index contributed by atoms with van der Waals surface area (Å²) in [6, 6.07) is 15.5. The molecule has 118 valence electrons. The van der Waals surface area contributed by atoms with E-state index < -0.39 is 0 Å². The second kappa shape index (κ2) is 5.66. The van der Waals surface area contributed by atoms with E-state index in [2.05, 4.69) is 20.7 Å². The van der Waals surface area contributed by atoms with Gasteiger partial charge in [0.15, 0.2) is 0 Å². The summed E-state index contributed by atoms with van der Waals surface area (Å²) in [4.78, 5) is 16.3. The molecule has 0 unspecified atom stereocenters. The van der Waals surface area contributed by atoms with Crippen molar-refractivity contribution in [1.82, 2.24) is 14.8 Å². The van der Waals surface area contributed by atoms with Gasteiger partial charge in [-0.25, -0.2) is 0 Å². The van der Waals surface area contributed by atoms with Crippen LogP contribution >= 0.6 is 0 Å². The standard InChI is InChI=1S/C18H15N5O/c1-23-16(10-15(22-23)12-6-3-2-4-7-12)20-11-13-17-14(21-18(13)24)8-5-9-19-17/h2-11,20H,1H3,(H,21,24)/b13-11-. The van der Waals surface area contributed by atoms with Crippen LogP contribution < -0.4 is 10.6 Å². The maximum absolute atomic E-state index is 12.1. The van der Waals surface area contributed by atoms with Gasteiger partial charge in [0.05, 0.1) is 17.0 Å². The van der Waals surface area contributed by atoms with Crippen molar-refractivity contribution in [1.29, 1.82) is 0 Å². The zero-order valence-electron chi connectivity index (χ0n) is 13.0. The zero-order valence-corrected chi connectivity index (χ0v) is 13.0. The summed E-state index contributed by atoms with van der Waals surface area (Å²) in [6.45, 7) is 0. The molecule has 0 spiro atoms. The van der Waals surface area contributed by atoms with Crippen LogP contribution in [0.25, 0.3) is 16.8 Å². The number of nitrogens with one attached hydrogen (secondary N) is 2. The monoisotopic (exact) mass is 317 g/mol. The van der Waals surface area contributed by atoms with Crippen LogP contribution in [0.3, 0.4) is 0 Å². The van der Waals surface area contributed by atoms with Crippen molar-refractivity contribution in [3.63, 3.8) is 0 Å². The molecule has 0 aliphatic carbocycles. The van der Waals surface area contributed by atoms with E-state index in [1.807, 2.05) is 49.5 Å². The fourth-order valence-corrected chi connectivity index (χ4v) is 2.65. The van der Waals surface area contributed by atoms with Gasteiger partial charge in [0.2, 0.25) is 0 Å². The average Bonchev–Trinajstić information content (AvgIpc) is 3.13. The van der Waals surface area contributed by atoms with Gasteiger partial charge < -0.3 is 10.6 Å². The SMILES string of the molecule is Cn1nc(-c2ccccc2)cc1N/C=C1\C(=O)Nc2cccnc21. The Kier molecular flexibility index (Phi) is 3.35. The van der Waals surface area contributed by atoms with E-state index >= 15 is 0 Å². The molecule has 6 nitrogen and oxygen atoms in total. The van der Waals surface area contributed by atoms with E-state index in [1.54, 1.807) is 23.1 Å². The van der Waals surface area contributed by atoms with Crippen LogP contribution in [-0.2, 0) is 11.8 Å². The van der Waals surface area contributed by atoms with Crippen molar-refractivity contribution < 1.29 is 4.79 Å². The second-order valence-electron chi connectivity index (χ2n) is 5.46. The van der Waals surface area contributed by atoms with Gasteiger partial charge in [0.25, 0.3) is 5.91 Å². The molecular weight excluding hydrogens is 302 g/mol. The van der Waals surface area contributed by atoms with E-state index in [0.717, 1.165) is 22.8 Å². The third kappa shape index (κ3) is 2.44. The maximum Gasteiger partial charge on any atom is 0.259 e. The van der Waals surface area contributed by atoms with Gasteiger partial charge in [0, 0.05) is 31.1 Å². The highest BCUT2D eigenvalue weighted by Gasteiger charge is 2.25. The lowest BCUT2D eigenvalue weighted by Gasteiger charge is -2.01. The first-order valence-electron chi connectivity index (χ1n) is 7.55. The molecule has 0 saturated heterocycles. The highest BCUT2D eigenvalue weighted by molar-refractivity contribution is 6.31. The summed E-state index contributed by atoms with van der Waals surface area (Å²) >= 11 is 0. The van der Waals surface area contributed by atoms with Crippen LogP contribution in [0.1, 0.15) is 5.69 Å². The molecular formula is C18H15N5O. The Morgan fingerprint density at radius 3 is 2.83 bits per heavy atom. The summed E-state index contributed by atoms with van der Waals surface area (Å²) in [7, 11) is 1.86. The first-order chi connectivity index (χ1) is 11.7. The van der Waals surface area contributed by atoms with E-state index in [-0.39, 0.29) is 5.91 Å². The predicted octanol–water partition coefficient (Wildman–Crippen LogP) is 2.89. The van der Waals surface area contributed by atoms with Gasteiger partial charge in [-0.15, -0.1) is 0 Å². The Morgan fingerprint density at radius 2 is 2.00 bits per heavy atom. The van der Waals surface area contributed by atoms with E-state index in [4.69, 9.17) is 0 Å². The summed E-state index contributed by atoms with van der Waals surface area (Å²) < 4.78 is 1.74. The lowest BCUT2D eigenvalue weighted by molar-refractivity contribution is -0.110. The molecule has 4 rings (SSSR count). The van der Waals surface area contributed by atoms with Crippen molar-refractivity contribution in [3.8, 4) is 11.3 Å². The summed E-state index contributed by atoms with van der Waals surface area (Å²) in [5.74, 6) is 0.625. The van der Waals surface area contributed by atoms with Gasteiger partial charge in [0.1, 0.15) is 11.5 Å². The predicted molar refractivity (Wildman–Crippen MR) is 93.1 cm³/mol. The molecule has 3 aromatic rings. The smallest absolute Gasteiger partial charge is 0.259 e. The van der Waals surface area contributed by atoms with Crippen LogP contribution in [0, 0.1) is 0 Å².